The molecule has 0 saturated heterocycles. The van der Waals surface area contributed by atoms with Crippen LogP contribution in [0.2, 0.25) is 0 Å². The van der Waals surface area contributed by atoms with Gasteiger partial charge in [-0.2, -0.15) is 0 Å². The van der Waals surface area contributed by atoms with Crippen LogP contribution in [-0.2, 0) is 0 Å². The van der Waals surface area contributed by atoms with E-state index in [1.807, 2.05) is 11.7 Å². The van der Waals surface area contributed by atoms with Crippen molar-refractivity contribution in [3.05, 3.63) is 16.6 Å². The summed E-state index contributed by atoms with van der Waals surface area (Å²) in [6.07, 6.45) is 10.3. The molecule has 0 amide bonds. The highest BCUT2D eigenvalue weighted by molar-refractivity contribution is 7.09. The van der Waals surface area contributed by atoms with Crippen molar-refractivity contribution in [3.63, 3.8) is 0 Å². The maximum Gasteiger partial charge on any atom is 0.0794 e. The van der Waals surface area contributed by atoms with Crippen molar-refractivity contribution < 1.29 is 0 Å². The van der Waals surface area contributed by atoms with Gasteiger partial charge in [-0.15, -0.1) is 11.3 Å². The van der Waals surface area contributed by atoms with Gasteiger partial charge in [0, 0.05) is 23.2 Å². The molecule has 1 unspecified atom stereocenters. The van der Waals surface area contributed by atoms with Gasteiger partial charge in [-0.05, 0) is 19.8 Å². The molecule has 1 heterocycles. The predicted octanol–water partition coefficient (Wildman–Crippen LogP) is 3.52. The van der Waals surface area contributed by atoms with Crippen molar-refractivity contribution in [2.45, 2.75) is 57.5 Å². The number of thiazole rings is 1. The summed E-state index contributed by atoms with van der Waals surface area (Å²) in [6, 6.07) is 1.20. The lowest BCUT2D eigenvalue weighted by Gasteiger charge is -2.20. The summed E-state index contributed by atoms with van der Waals surface area (Å²) in [4.78, 5) is 5.49. The van der Waals surface area contributed by atoms with E-state index in [0.29, 0.717) is 6.04 Å². The minimum Gasteiger partial charge on any atom is -0.307 e. The van der Waals surface area contributed by atoms with Crippen LogP contribution >= 0.6 is 11.3 Å². The molecule has 1 saturated carbocycles. The van der Waals surface area contributed by atoms with Gasteiger partial charge < -0.3 is 5.32 Å². The Bertz CT molecular complexity index is 263. The number of nitrogens with zero attached hydrogens (tertiary/aromatic N) is 1. The molecule has 1 aliphatic rings. The Morgan fingerprint density at radius 1 is 1.33 bits per heavy atom. The molecule has 1 fully saturated rings. The highest BCUT2D eigenvalue weighted by Crippen LogP contribution is 2.22. The van der Waals surface area contributed by atoms with Crippen LogP contribution in [0.25, 0.3) is 0 Å². The number of nitrogens with one attached hydrogen (secondary N) is 1. The Morgan fingerprint density at radius 3 is 2.67 bits per heavy atom. The third-order valence-electron chi connectivity index (χ3n) is 3.22. The van der Waals surface area contributed by atoms with E-state index < -0.39 is 0 Å². The van der Waals surface area contributed by atoms with Gasteiger partial charge in [0.2, 0.25) is 0 Å². The van der Waals surface area contributed by atoms with Crippen LogP contribution < -0.4 is 5.32 Å². The van der Waals surface area contributed by atoms with Crippen LogP contribution in [0, 0.1) is 0 Å². The number of aromatic nitrogens is 1. The van der Waals surface area contributed by atoms with Crippen molar-refractivity contribution in [1.82, 2.24) is 10.3 Å². The monoisotopic (exact) mass is 224 g/mol. The van der Waals surface area contributed by atoms with Crippen LogP contribution in [0.5, 0.6) is 0 Å². The maximum atomic E-state index is 4.13. The molecular weight excluding hydrogens is 204 g/mol. The summed E-state index contributed by atoms with van der Waals surface area (Å²) >= 11 is 1.75. The zero-order valence-corrected chi connectivity index (χ0v) is 10.2. The normalized spacial score (nSPS) is 21.1. The van der Waals surface area contributed by atoms with Gasteiger partial charge in [0.1, 0.15) is 0 Å². The van der Waals surface area contributed by atoms with Gasteiger partial charge in [-0.25, -0.2) is 0 Å². The molecule has 1 atom stereocenters. The molecule has 0 aliphatic heterocycles. The average molecular weight is 224 g/mol. The SMILES string of the molecule is CC(NC1CCCCCC1)c1cncs1. The lowest BCUT2D eigenvalue weighted by Crippen LogP contribution is -2.30. The number of hydrogen-bond donors (Lipinski definition) is 1. The molecule has 15 heavy (non-hydrogen) atoms. The lowest BCUT2D eigenvalue weighted by atomic mass is 10.1. The van der Waals surface area contributed by atoms with Gasteiger partial charge >= 0.3 is 0 Å². The minimum absolute atomic E-state index is 0.473. The summed E-state index contributed by atoms with van der Waals surface area (Å²) in [7, 11) is 0. The Labute approximate surface area is 96.1 Å². The summed E-state index contributed by atoms with van der Waals surface area (Å²) in [5, 5.41) is 3.73. The van der Waals surface area contributed by atoms with E-state index in [-0.39, 0.29) is 0 Å². The average Bonchev–Trinajstić information content (AvgIpc) is 2.65. The number of rotatable bonds is 3. The summed E-state index contributed by atoms with van der Waals surface area (Å²) in [5.74, 6) is 0. The fraction of sp³-hybridized carbons (Fsp3) is 0.750. The van der Waals surface area contributed by atoms with E-state index >= 15 is 0 Å². The Kier molecular flexibility index (Phi) is 4.15. The molecule has 84 valence electrons. The van der Waals surface area contributed by atoms with Gasteiger partial charge in [-0.1, -0.05) is 25.7 Å². The van der Waals surface area contributed by atoms with E-state index in [2.05, 4.69) is 17.2 Å². The van der Waals surface area contributed by atoms with Crippen molar-refractivity contribution in [2.24, 2.45) is 0 Å². The van der Waals surface area contributed by atoms with E-state index in [1.165, 1.54) is 43.4 Å². The Balaban J connectivity index is 1.84. The predicted molar refractivity (Wildman–Crippen MR) is 65.2 cm³/mol. The quantitative estimate of drug-likeness (QED) is 0.795. The molecule has 2 nitrogen and oxygen atoms in total. The smallest absolute Gasteiger partial charge is 0.0794 e. The van der Waals surface area contributed by atoms with Crippen molar-refractivity contribution in [3.8, 4) is 0 Å². The lowest BCUT2D eigenvalue weighted by molar-refractivity contribution is 0.417. The van der Waals surface area contributed by atoms with E-state index in [4.69, 9.17) is 0 Å². The Morgan fingerprint density at radius 2 is 2.07 bits per heavy atom. The van der Waals surface area contributed by atoms with Gasteiger partial charge in [0.05, 0.1) is 5.51 Å². The molecule has 1 N–H and O–H groups in total. The first-order valence-corrected chi connectivity index (χ1v) is 6.88. The van der Waals surface area contributed by atoms with Crippen LogP contribution in [0.1, 0.15) is 56.4 Å². The third-order valence-corrected chi connectivity index (χ3v) is 4.18. The standard InChI is InChI=1S/C12H20N2S/c1-10(12-8-13-9-15-12)14-11-6-4-2-3-5-7-11/h8-11,14H,2-7H2,1H3. The van der Waals surface area contributed by atoms with Gasteiger partial charge in [0.25, 0.3) is 0 Å². The second-order valence-corrected chi connectivity index (χ2v) is 5.40. The number of hydrogen-bond acceptors (Lipinski definition) is 3. The molecule has 3 heteroatoms. The zero-order valence-electron chi connectivity index (χ0n) is 9.41. The molecule has 1 aromatic heterocycles. The highest BCUT2D eigenvalue weighted by atomic mass is 32.1. The highest BCUT2D eigenvalue weighted by Gasteiger charge is 2.15. The molecule has 0 radical (unpaired) electrons. The minimum atomic E-state index is 0.473. The first-order valence-electron chi connectivity index (χ1n) is 6.00. The topological polar surface area (TPSA) is 24.9 Å². The van der Waals surface area contributed by atoms with Crippen LogP contribution in [-0.4, -0.2) is 11.0 Å². The molecule has 1 aliphatic carbocycles. The van der Waals surface area contributed by atoms with E-state index in [1.54, 1.807) is 11.3 Å². The Hall–Kier alpha value is -0.410. The molecule has 0 spiro atoms. The second-order valence-electron chi connectivity index (χ2n) is 4.48. The molecule has 1 aromatic rings. The zero-order chi connectivity index (χ0) is 10.5. The second kappa shape index (κ2) is 5.61. The van der Waals surface area contributed by atoms with Crippen LogP contribution in [0.3, 0.4) is 0 Å². The van der Waals surface area contributed by atoms with Gasteiger partial charge in [-0.3, -0.25) is 4.98 Å². The summed E-state index contributed by atoms with van der Waals surface area (Å²) < 4.78 is 0. The van der Waals surface area contributed by atoms with Gasteiger partial charge in [0.15, 0.2) is 0 Å². The summed E-state index contributed by atoms with van der Waals surface area (Å²) in [6.45, 7) is 2.25. The molecular formula is C12H20N2S. The van der Waals surface area contributed by atoms with Crippen LogP contribution in [0.15, 0.2) is 11.7 Å². The third kappa shape index (κ3) is 3.28. The van der Waals surface area contributed by atoms with Crippen molar-refractivity contribution in [1.29, 1.82) is 0 Å². The fourth-order valence-electron chi connectivity index (χ4n) is 2.32. The van der Waals surface area contributed by atoms with E-state index in [0.717, 1.165) is 6.04 Å². The van der Waals surface area contributed by atoms with Crippen molar-refractivity contribution >= 4 is 11.3 Å². The fourth-order valence-corrected chi connectivity index (χ4v) is 2.96. The molecule has 0 aromatic carbocycles. The largest absolute Gasteiger partial charge is 0.307 e. The molecule has 0 bridgehead atoms. The van der Waals surface area contributed by atoms with Crippen molar-refractivity contribution in [2.75, 3.05) is 0 Å². The van der Waals surface area contributed by atoms with Crippen LogP contribution in [0.4, 0.5) is 0 Å². The first-order chi connectivity index (χ1) is 7.36. The molecule has 2 rings (SSSR count). The first kappa shape index (κ1) is 11.1. The maximum absolute atomic E-state index is 4.13. The van der Waals surface area contributed by atoms with E-state index in [9.17, 15) is 0 Å². The summed E-state index contributed by atoms with van der Waals surface area (Å²) in [5.41, 5.74) is 1.92.